The summed E-state index contributed by atoms with van der Waals surface area (Å²) in [4.78, 5) is 40.3. The van der Waals surface area contributed by atoms with Crippen LogP contribution < -0.4 is 11.1 Å². The second kappa shape index (κ2) is 9.02. The number of nitrogens with one attached hydrogen (secondary N) is 1. The zero-order chi connectivity index (χ0) is 24.5. The normalized spacial score (nSPS) is 15.3. The molecule has 1 aromatic carbocycles. The number of rotatable bonds is 5. The van der Waals surface area contributed by atoms with E-state index in [1.54, 1.807) is 29.4 Å². The lowest BCUT2D eigenvalue weighted by Gasteiger charge is -2.22. The molecule has 0 aliphatic carbocycles. The maximum Gasteiger partial charge on any atom is 0.256 e. The number of fused-ring (bicyclic) bond motifs is 1. The largest absolute Gasteiger partial charge is 0.382 e. The molecular formula is C26H25N7O2. The molecule has 3 aromatic heterocycles. The molecule has 0 saturated carbocycles. The van der Waals surface area contributed by atoms with E-state index in [4.69, 9.17) is 10.7 Å². The third-order valence-corrected chi connectivity index (χ3v) is 6.20. The number of imidazole rings is 1. The molecule has 1 aliphatic heterocycles. The van der Waals surface area contributed by atoms with Crippen molar-refractivity contribution in [3.8, 4) is 11.3 Å². The Bertz CT molecular complexity index is 1440. The van der Waals surface area contributed by atoms with Crippen LogP contribution in [0.5, 0.6) is 0 Å². The van der Waals surface area contributed by atoms with Crippen molar-refractivity contribution in [2.45, 2.75) is 25.8 Å². The molecule has 1 fully saturated rings. The summed E-state index contributed by atoms with van der Waals surface area (Å²) in [5, 5.41) is 2.81. The molecule has 1 aliphatic rings. The lowest BCUT2D eigenvalue weighted by atomic mass is 10.1. The van der Waals surface area contributed by atoms with Gasteiger partial charge in [0.05, 0.1) is 6.04 Å². The van der Waals surface area contributed by atoms with Crippen LogP contribution in [0.15, 0.2) is 67.6 Å². The highest BCUT2D eigenvalue weighted by Gasteiger charge is 2.33. The van der Waals surface area contributed by atoms with Gasteiger partial charge in [0.15, 0.2) is 0 Å². The molecule has 1 saturated heterocycles. The monoisotopic (exact) mass is 467 g/mol. The molecule has 5 rings (SSSR count). The first-order chi connectivity index (χ1) is 17.0. The van der Waals surface area contributed by atoms with Gasteiger partial charge in [0.2, 0.25) is 5.91 Å². The number of likely N-dealkylation sites (tertiary alicyclic amines) is 1. The van der Waals surface area contributed by atoms with Crippen LogP contribution in [0.3, 0.4) is 0 Å². The number of aryl methyl sites for hydroxylation is 1. The van der Waals surface area contributed by atoms with Crippen LogP contribution >= 0.6 is 0 Å². The quantitative estimate of drug-likeness (QED) is 0.431. The van der Waals surface area contributed by atoms with Gasteiger partial charge in [-0.05, 0) is 55.7 Å². The van der Waals surface area contributed by atoms with E-state index in [-0.39, 0.29) is 17.9 Å². The smallest absolute Gasteiger partial charge is 0.256 e. The van der Waals surface area contributed by atoms with Gasteiger partial charge in [0.1, 0.15) is 28.7 Å². The third-order valence-electron chi connectivity index (χ3n) is 6.20. The average Bonchev–Trinajstić information content (AvgIpc) is 3.49. The van der Waals surface area contributed by atoms with Gasteiger partial charge in [-0.3, -0.25) is 14.0 Å². The highest BCUT2D eigenvalue weighted by atomic mass is 16.2. The fourth-order valence-corrected chi connectivity index (χ4v) is 4.51. The fourth-order valence-electron chi connectivity index (χ4n) is 4.51. The highest BCUT2D eigenvalue weighted by Crippen LogP contribution is 2.36. The number of nitrogen functional groups attached to an aromatic ring is 1. The summed E-state index contributed by atoms with van der Waals surface area (Å²) in [6.45, 7) is 6.22. The number of nitrogens with zero attached hydrogens (tertiary/aromatic N) is 5. The molecule has 0 bridgehead atoms. The van der Waals surface area contributed by atoms with Crippen LogP contribution in [0.1, 0.15) is 40.6 Å². The van der Waals surface area contributed by atoms with Crippen LogP contribution in [-0.4, -0.2) is 42.6 Å². The molecule has 9 nitrogen and oxygen atoms in total. The van der Waals surface area contributed by atoms with Crippen molar-refractivity contribution < 1.29 is 9.59 Å². The first-order valence-electron chi connectivity index (χ1n) is 11.4. The first kappa shape index (κ1) is 22.3. The van der Waals surface area contributed by atoms with Gasteiger partial charge >= 0.3 is 0 Å². The van der Waals surface area contributed by atoms with Crippen LogP contribution in [0.25, 0.3) is 16.8 Å². The van der Waals surface area contributed by atoms with Crippen LogP contribution in [0.4, 0.5) is 11.6 Å². The zero-order valence-corrected chi connectivity index (χ0v) is 19.3. The SMILES string of the molecule is C=CC(=O)N1CCCC1c1nc(-c2ccc(C(=O)Nc3cc(C)ccn3)cc2)c2c(N)nccn12. The summed E-state index contributed by atoms with van der Waals surface area (Å²) in [5.41, 5.74) is 9.87. The number of hydrogen-bond donors (Lipinski definition) is 2. The van der Waals surface area contributed by atoms with Gasteiger partial charge in [0.25, 0.3) is 5.91 Å². The predicted octanol–water partition coefficient (Wildman–Crippen LogP) is 3.78. The van der Waals surface area contributed by atoms with Gasteiger partial charge < -0.3 is 16.0 Å². The number of pyridine rings is 1. The Morgan fingerprint density at radius 2 is 1.97 bits per heavy atom. The molecule has 9 heteroatoms. The van der Waals surface area contributed by atoms with E-state index in [2.05, 4.69) is 21.9 Å². The molecule has 0 radical (unpaired) electrons. The van der Waals surface area contributed by atoms with E-state index in [1.165, 1.54) is 6.08 Å². The summed E-state index contributed by atoms with van der Waals surface area (Å²) in [5.74, 6) is 1.19. The maximum absolute atomic E-state index is 12.7. The molecule has 2 amide bonds. The Morgan fingerprint density at radius 3 is 2.71 bits per heavy atom. The third kappa shape index (κ3) is 4.12. The van der Waals surface area contributed by atoms with Gasteiger partial charge in [-0.15, -0.1) is 0 Å². The van der Waals surface area contributed by atoms with Crippen molar-refractivity contribution in [3.05, 3.63) is 84.6 Å². The van der Waals surface area contributed by atoms with Crippen LogP contribution in [0.2, 0.25) is 0 Å². The Hall–Kier alpha value is -4.53. The van der Waals surface area contributed by atoms with Crippen molar-refractivity contribution in [3.63, 3.8) is 0 Å². The Balaban J connectivity index is 1.50. The molecule has 0 spiro atoms. The minimum Gasteiger partial charge on any atom is -0.382 e. The lowest BCUT2D eigenvalue weighted by Crippen LogP contribution is -2.29. The van der Waals surface area contributed by atoms with Crippen molar-refractivity contribution in [2.24, 2.45) is 0 Å². The molecule has 4 heterocycles. The number of carbonyl (C=O) groups is 2. The minimum atomic E-state index is -0.254. The lowest BCUT2D eigenvalue weighted by molar-refractivity contribution is -0.127. The summed E-state index contributed by atoms with van der Waals surface area (Å²) in [6, 6.07) is 10.6. The molecular weight excluding hydrogens is 442 g/mol. The summed E-state index contributed by atoms with van der Waals surface area (Å²) in [6.07, 6.45) is 8.10. The standard InChI is InChI=1S/C26H25N7O2/c1-3-21(34)32-13-4-5-19(32)25-31-22(23-24(27)29-12-14-33(23)25)17-6-8-18(9-7-17)26(35)30-20-15-16(2)10-11-28-20/h3,6-12,14-15,19H,1,4-5,13H2,2H3,(H2,27,29)(H,28,30,35). The molecule has 4 aromatic rings. The number of nitrogens with two attached hydrogens (primary N) is 1. The number of benzene rings is 1. The van der Waals surface area contributed by atoms with E-state index < -0.39 is 0 Å². The first-order valence-corrected chi connectivity index (χ1v) is 11.4. The molecule has 1 atom stereocenters. The zero-order valence-electron chi connectivity index (χ0n) is 19.3. The predicted molar refractivity (Wildman–Crippen MR) is 134 cm³/mol. The number of carbonyl (C=O) groups excluding carboxylic acids is 2. The molecule has 1 unspecified atom stereocenters. The van der Waals surface area contributed by atoms with E-state index >= 15 is 0 Å². The van der Waals surface area contributed by atoms with Crippen molar-refractivity contribution >= 4 is 29.0 Å². The number of anilines is 2. The highest BCUT2D eigenvalue weighted by molar-refractivity contribution is 6.04. The Labute approximate surface area is 202 Å². The van der Waals surface area contributed by atoms with Crippen molar-refractivity contribution in [1.82, 2.24) is 24.3 Å². The fraction of sp³-hybridized carbons (Fsp3) is 0.192. The van der Waals surface area contributed by atoms with Crippen molar-refractivity contribution in [2.75, 3.05) is 17.6 Å². The van der Waals surface area contributed by atoms with Gasteiger partial charge in [0, 0.05) is 36.3 Å². The number of aromatic nitrogens is 4. The maximum atomic E-state index is 12.7. The summed E-state index contributed by atoms with van der Waals surface area (Å²) < 4.78 is 1.90. The van der Waals surface area contributed by atoms with E-state index in [0.29, 0.717) is 35.0 Å². The van der Waals surface area contributed by atoms with Crippen LogP contribution in [0, 0.1) is 6.92 Å². The second-order valence-corrected chi connectivity index (χ2v) is 8.49. The van der Waals surface area contributed by atoms with Gasteiger partial charge in [-0.25, -0.2) is 15.0 Å². The number of hydrogen-bond acceptors (Lipinski definition) is 6. The topological polar surface area (TPSA) is 119 Å². The molecule has 35 heavy (non-hydrogen) atoms. The van der Waals surface area contributed by atoms with Gasteiger partial charge in [-0.1, -0.05) is 18.7 Å². The van der Waals surface area contributed by atoms with E-state index in [1.807, 2.05) is 41.8 Å². The average molecular weight is 468 g/mol. The summed E-state index contributed by atoms with van der Waals surface area (Å²) >= 11 is 0. The Morgan fingerprint density at radius 1 is 1.17 bits per heavy atom. The molecule has 3 N–H and O–H groups in total. The Kier molecular flexibility index (Phi) is 5.74. The number of amides is 2. The van der Waals surface area contributed by atoms with Gasteiger partial charge in [-0.2, -0.15) is 0 Å². The molecule has 176 valence electrons. The van der Waals surface area contributed by atoms with Crippen molar-refractivity contribution in [1.29, 1.82) is 0 Å². The van der Waals surface area contributed by atoms with E-state index in [0.717, 1.165) is 29.8 Å². The minimum absolute atomic E-state index is 0.119. The van der Waals surface area contributed by atoms with E-state index in [9.17, 15) is 9.59 Å². The summed E-state index contributed by atoms with van der Waals surface area (Å²) in [7, 11) is 0. The van der Waals surface area contributed by atoms with Crippen LogP contribution in [-0.2, 0) is 4.79 Å². The second-order valence-electron chi connectivity index (χ2n) is 8.49.